The quantitative estimate of drug-likeness (QED) is 0.502. The Labute approximate surface area is 71.0 Å². The maximum atomic E-state index is 2.62. The highest BCUT2D eigenvalue weighted by Crippen LogP contribution is 2.84. The monoisotopic (exact) mass is 149 g/mol. The van der Waals surface area contributed by atoms with Gasteiger partial charge in [0.2, 0.25) is 0 Å². The third-order valence-corrected chi connectivity index (χ3v) is 4.12. The van der Waals surface area contributed by atoms with Crippen molar-refractivity contribution in [3.8, 4) is 0 Å². The lowest BCUT2D eigenvalue weighted by atomic mass is 9.06. The minimum absolute atomic E-state index is 0.518. The first-order valence-electron chi connectivity index (χ1n) is 4.80. The molecular weight excluding hydrogens is 131 g/mol. The summed E-state index contributed by atoms with van der Waals surface area (Å²) in [6.45, 7) is 9.45. The molecule has 0 aromatic heterocycles. The topological polar surface area (TPSA) is 0 Å². The molecule has 0 aromatic rings. The molecule has 0 atom stereocenters. The summed E-state index contributed by atoms with van der Waals surface area (Å²) < 4.78 is 0. The van der Waals surface area contributed by atoms with E-state index in [1.54, 1.807) is 0 Å². The zero-order valence-corrected chi connectivity index (χ0v) is 8.20. The van der Waals surface area contributed by atoms with Gasteiger partial charge in [0.25, 0.3) is 0 Å². The number of hydrogen-bond donors (Lipinski definition) is 0. The first-order chi connectivity index (χ1) is 4.93. The molecule has 1 heteroatoms. The Morgan fingerprint density at radius 1 is 1.27 bits per heavy atom. The Bertz CT molecular complexity index is 168. The Morgan fingerprint density at radius 2 is 1.73 bits per heavy atom. The molecular formula is C10H18B. The fourth-order valence-corrected chi connectivity index (χ4v) is 2.83. The molecule has 3 aliphatic rings. The summed E-state index contributed by atoms with van der Waals surface area (Å²) in [6, 6.07) is 0. The van der Waals surface area contributed by atoms with Crippen LogP contribution in [0.5, 0.6) is 0 Å². The first kappa shape index (κ1) is 7.70. The van der Waals surface area contributed by atoms with E-state index in [1.165, 1.54) is 19.3 Å². The van der Waals surface area contributed by atoms with Gasteiger partial charge in [0, 0.05) is 0 Å². The van der Waals surface area contributed by atoms with E-state index in [0.717, 1.165) is 0 Å². The summed E-state index contributed by atoms with van der Waals surface area (Å²) >= 11 is 0. The highest BCUT2D eigenvalue weighted by atomic mass is 14.6. The number of hydrogen-bond acceptors (Lipinski definition) is 0. The van der Waals surface area contributed by atoms with Gasteiger partial charge in [0.05, 0.1) is 0 Å². The Morgan fingerprint density at radius 3 is 2.00 bits per heavy atom. The van der Waals surface area contributed by atoms with E-state index in [9.17, 15) is 0 Å². The molecule has 0 spiro atoms. The van der Waals surface area contributed by atoms with E-state index in [-0.39, 0.29) is 0 Å². The molecule has 1 saturated carbocycles. The van der Waals surface area contributed by atoms with Gasteiger partial charge in [0.15, 0.2) is 0 Å². The summed E-state index contributed by atoms with van der Waals surface area (Å²) in [7, 11) is 2.62. The average molecular weight is 149 g/mol. The van der Waals surface area contributed by atoms with E-state index >= 15 is 0 Å². The second kappa shape index (κ2) is 1.70. The second-order valence-corrected chi connectivity index (χ2v) is 5.62. The highest BCUT2D eigenvalue weighted by Gasteiger charge is 2.70. The molecule has 0 aromatic carbocycles. The lowest BCUT2D eigenvalue weighted by Crippen LogP contribution is -2.64. The van der Waals surface area contributed by atoms with Crippen molar-refractivity contribution in [3.63, 3.8) is 0 Å². The molecule has 2 heterocycles. The fraction of sp³-hybridized carbons (Fsp3) is 1.00. The molecule has 61 valence electrons. The van der Waals surface area contributed by atoms with Crippen LogP contribution in [0.15, 0.2) is 0 Å². The van der Waals surface area contributed by atoms with Gasteiger partial charge in [0.1, 0.15) is 7.28 Å². The van der Waals surface area contributed by atoms with Crippen molar-refractivity contribution in [2.45, 2.75) is 57.6 Å². The molecule has 3 fully saturated rings. The van der Waals surface area contributed by atoms with Crippen LogP contribution in [-0.2, 0) is 0 Å². The molecule has 0 unspecified atom stereocenters. The molecule has 1 aliphatic carbocycles. The van der Waals surface area contributed by atoms with Crippen molar-refractivity contribution in [2.24, 2.45) is 5.41 Å². The smallest absolute Gasteiger partial charge is 0.0655 e. The third kappa shape index (κ3) is 0.724. The van der Waals surface area contributed by atoms with Crippen molar-refractivity contribution in [1.29, 1.82) is 0 Å². The lowest BCUT2D eigenvalue weighted by molar-refractivity contribution is 0.0390. The van der Waals surface area contributed by atoms with Crippen molar-refractivity contribution >= 4 is 7.28 Å². The normalized spacial score (nSPS) is 47.3. The molecule has 0 amide bonds. The van der Waals surface area contributed by atoms with Crippen LogP contribution >= 0.6 is 0 Å². The Kier molecular flexibility index (Phi) is 1.19. The largest absolute Gasteiger partial charge is 0.126 e. The standard InChI is InChI=1S/C10H18B/c1-5-9-6-10(7-9,11-9)8(2,3)4/h5-7H2,1-4H3. The van der Waals surface area contributed by atoms with Crippen LogP contribution in [0.3, 0.4) is 0 Å². The van der Waals surface area contributed by atoms with Crippen molar-refractivity contribution in [1.82, 2.24) is 0 Å². The van der Waals surface area contributed by atoms with Gasteiger partial charge < -0.3 is 0 Å². The Hall–Kier alpha value is 0.0649. The average Bonchev–Trinajstić information content (AvgIpc) is 1.53. The summed E-state index contributed by atoms with van der Waals surface area (Å²) in [6.07, 6.45) is 4.31. The predicted octanol–water partition coefficient (Wildman–Crippen LogP) is 3.27. The molecule has 2 aliphatic heterocycles. The zero-order chi connectivity index (χ0) is 8.33. The maximum Gasteiger partial charge on any atom is 0.126 e. The van der Waals surface area contributed by atoms with Crippen molar-refractivity contribution in [3.05, 3.63) is 0 Å². The van der Waals surface area contributed by atoms with Crippen LogP contribution < -0.4 is 0 Å². The SMILES string of the molecule is CCC12[B]C(C(C)(C)C)(C1)C2. The number of rotatable bonds is 1. The van der Waals surface area contributed by atoms with Crippen LogP contribution in [0.4, 0.5) is 0 Å². The minimum Gasteiger partial charge on any atom is -0.0655 e. The highest BCUT2D eigenvalue weighted by molar-refractivity contribution is 6.54. The third-order valence-electron chi connectivity index (χ3n) is 4.12. The summed E-state index contributed by atoms with van der Waals surface area (Å²) in [5.74, 6) is 0. The van der Waals surface area contributed by atoms with Gasteiger partial charge in [-0.1, -0.05) is 57.6 Å². The van der Waals surface area contributed by atoms with Crippen LogP contribution in [0.1, 0.15) is 47.0 Å². The van der Waals surface area contributed by atoms with Crippen LogP contribution in [0, 0.1) is 5.41 Å². The molecule has 2 saturated heterocycles. The van der Waals surface area contributed by atoms with E-state index in [2.05, 4.69) is 35.0 Å². The van der Waals surface area contributed by atoms with Gasteiger partial charge in [-0.15, -0.1) is 0 Å². The van der Waals surface area contributed by atoms with Gasteiger partial charge in [-0.05, 0) is 5.41 Å². The first-order valence-corrected chi connectivity index (χ1v) is 4.80. The van der Waals surface area contributed by atoms with Gasteiger partial charge in [-0.25, -0.2) is 0 Å². The van der Waals surface area contributed by atoms with Crippen molar-refractivity contribution in [2.75, 3.05) is 0 Å². The Balaban J connectivity index is 2.04. The molecule has 3 rings (SSSR count). The van der Waals surface area contributed by atoms with Crippen LogP contribution in [0.2, 0.25) is 10.6 Å². The summed E-state index contributed by atoms with van der Waals surface area (Å²) in [5, 5.41) is 1.34. The minimum atomic E-state index is 0.518. The van der Waals surface area contributed by atoms with E-state index in [4.69, 9.17) is 0 Å². The van der Waals surface area contributed by atoms with E-state index < -0.39 is 0 Å². The van der Waals surface area contributed by atoms with E-state index in [0.29, 0.717) is 16.0 Å². The van der Waals surface area contributed by atoms with Gasteiger partial charge in [-0.2, -0.15) is 0 Å². The van der Waals surface area contributed by atoms with Gasteiger partial charge >= 0.3 is 0 Å². The zero-order valence-electron chi connectivity index (χ0n) is 8.20. The molecule has 2 bridgehead atoms. The predicted molar refractivity (Wildman–Crippen MR) is 50.1 cm³/mol. The van der Waals surface area contributed by atoms with E-state index in [1.807, 2.05) is 0 Å². The summed E-state index contributed by atoms with van der Waals surface area (Å²) in [4.78, 5) is 0. The van der Waals surface area contributed by atoms with Crippen LogP contribution in [-0.4, -0.2) is 7.28 Å². The molecule has 0 nitrogen and oxygen atoms in total. The molecule has 0 N–H and O–H groups in total. The lowest BCUT2D eigenvalue weighted by Gasteiger charge is -2.76. The summed E-state index contributed by atoms with van der Waals surface area (Å²) in [5.41, 5.74) is 0.518. The maximum absolute atomic E-state index is 2.62. The van der Waals surface area contributed by atoms with Gasteiger partial charge in [-0.3, -0.25) is 0 Å². The second-order valence-electron chi connectivity index (χ2n) is 5.62. The molecule has 11 heavy (non-hydrogen) atoms. The molecule has 1 radical (unpaired) electrons. The van der Waals surface area contributed by atoms with Crippen molar-refractivity contribution < 1.29 is 0 Å². The fourth-order valence-electron chi connectivity index (χ4n) is 2.83. The van der Waals surface area contributed by atoms with Crippen LogP contribution in [0.25, 0.3) is 0 Å².